The molecule has 0 heterocycles. The largest absolute Gasteiger partial charge is 0.492 e. The van der Waals surface area contributed by atoms with Crippen molar-refractivity contribution in [3.8, 4) is 11.8 Å². The van der Waals surface area contributed by atoms with Crippen LogP contribution in [0.15, 0.2) is 42.5 Å². The molecule has 2 aromatic carbocycles. The summed E-state index contributed by atoms with van der Waals surface area (Å²) < 4.78 is 5.44. The van der Waals surface area contributed by atoms with E-state index < -0.39 is 0 Å². The fourth-order valence-corrected chi connectivity index (χ4v) is 1.69. The zero-order valence-electron chi connectivity index (χ0n) is 10.7. The number of nitrogens with one attached hydrogen (secondary N) is 1. The van der Waals surface area contributed by atoms with E-state index in [2.05, 4.69) is 11.4 Å². The second kappa shape index (κ2) is 5.78. The number of rotatable bonds is 4. The van der Waals surface area contributed by atoms with Gasteiger partial charge in [-0.05, 0) is 43.3 Å². The molecule has 4 heteroatoms. The van der Waals surface area contributed by atoms with Gasteiger partial charge in [0.1, 0.15) is 5.75 Å². The summed E-state index contributed by atoms with van der Waals surface area (Å²) in [7, 11) is 0. The quantitative estimate of drug-likeness (QED) is 0.820. The zero-order chi connectivity index (χ0) is 13.7. The average molecular weight is 253 g/mol. The van der Waals surface area contributed by atoms with Crippen molar-refractivity contribution in [1.82, 2.24) is 0 Å². The lowest BCUT2D eigenvalue weighted by Crippen LogP contribution is -1.98. The van der Waals surface area contributed by atoms with Crippen LogP contribution in [0.5, 0.6) is 5.75 Å². The maximum absolute atomic E-state index is 8.74. The Morgan fingerprint density at radius 3 is 2.47 bits per heavy atom. The Morgan fingerprint density at radius 2 is 1.84 bits per heavy atom. The minimum Gasteiger partial charge on any atom is -0.492 e. The molecule has 0 aliphatic heterocycles. The molecule has 0 saturated carbocycles. The average Bonchev–Trinajstić information content (AvgIpc) is 2.44. The first kappa shape index (κ1) is 12.8. The molecule has 0 bridgehead atoms. The molecule has 0 amide bonds. The van der Waals surface area contributed by atoms with Gasteiger partial charge in [0.2, 0.25) is 0 Å². The van der Waals surface area contributed by atoms with E-state index in [1.165, 1.54) is 0 Å². The highest BCUT2D eigenvalue weighted by Gasteiger charge is 2.02. The lowest BCUT2D eigenvalue weighted by atomic mass is 10.2. The van der Waals surface area contributed by atoms with Gasteiger partial charge in [-0.15, -0.1) is 0 Å². The Hall–Kier alpha value is -2.67. The first-order valence-electron chi connectivity index (χ1n) is 6.02. The molecule has 0 unspecified atom stereocenters. The van der Waals surface area contributed by atoms with Crippen LogP contribution < -0.4 is 15.8 Å². The SMILES string of the molecule is CCOc1cc(Nc2ccc(C#N)cc2)ccc1N. The lowest BCUT2D eigenvalue weighted by Gasteiger charge is -2.11. The Morgan fingerprint density at radius 1 is 1.16 bits per heavy atom. The predicted molar refractivity (Wildman–Crippen MR) is 76.5 cm³/mol. The smallest absolute Gasteiger partial charge is 0.144 e. The van der Waals surface area contributed by atoms with E-state index in [-0.39, 0.29) is 0 Å². The molecular formula is C15H15N3O. The summed E-state index contributed by atoms with van der Waals surface area (Å²) in [5.41, 5.74) is 8.87. The lowest BCUT2D eigenvalue weighted by molar-refractivity contribution is 0.342. The van der Waals surface area contributed by atoms with Crippen molar-refractivity contribution in [2.75, 3.05) is 17.7 Å². The number of anilines is 3. The van der Waals surface area contributed by atoms with Crippen molar-refractivity contribution in [3.05, 3.63) is 48.0 Å². The van der Waals surface area contributed by atoms with Gasteiger partial charge >= 0.3 is 0 Å². The summed E-state index contributed by atoms with van der Waals surface area (Å²) in [4.78, 5) is 0. The molecule has 0 aliphatic rings. The van der Waals surface area contributed by atoms with Gasteiger partial charge in [-0.3, -0.25) is 0 Å². The maximum atomic E-state index is 8.74. The van der Waals surface area contributed by atoms with Crippen LogP contribution in [0, 0.1) is 11.3 Å². The van der Waals surface area contributed by atoms with Gasteiger partial charge < -0.3 is 15.8 Å². The normalized spacial score (nSPS) is 9.68. The van der Waals surface area contributed by atoms with Crippen LogP contribution in [0.3, 0.4) is 0 Å². The van der Waals surface area contributed by atoms with Crippen molar-refractivity contribution < 1.29 is 4.74 Å². The van der Waals surface area contributed by atoms with E-state index in [0.29, 0.717) is 23.6 Å². The highest BCUT2D eigenvalue weighted by atomic mass is 16.5. The minimum atomic E-state index is 0.574. The highest BCUT2D eigenvalue weighted by Crippen LogP contribution is 2.27. The van der Waals surface area contributed by atoms with Crippen LogP contribution >= 0.6 is 0 Å². The predicted octanol–water partition coefficient (Wildman–Crippen LogP) is 3.28. The van der Waals surface area contributed by atoms with Crippen LogP contribution in [-0.4, -0.2) is 6.61 Å². The third-order valence-electron chi connectivity index (χ3n) is 2.62. The van der Waals surface area contributed by atoms with E-state index in [0.717, 1.165) is 11.4 Å². The summed E-state index contributed by atoms with van der Waals surface area (Å²) in [5.74, 6) is 0.668. The second-order valence-corrected chi connectivity index (χ2v) is 4.00. The molecule has 19 heavy (non-hydrogen) atoms. The summed E-state index contributed by atoms with van der Waals surface area (Å²) in [6.07, 6.45) is 0. The van der Waals surface area contributed by atoms with E-state index in [4.69, 9.17) is 15.7 Å². The maximum Gasteiger partial charge on any atom is 0.144 e. The number of nitrogen functional groups attached to an aromatic ring is 1. The molecule has 0 atom stereocenters. The van der Waals surface area contributed by atoms with Crippen molar-refractivity contribution in [2.24, 2.45) is 0 Å². The summed E-state index contributed by atoms with van der Waals surface area (Å²) in [6.45, 7) is 2.49. The minimum absolute atomic E-state index is 0.574. The van der Waals surface area contributed by atoms with Gasteiger partial charge in [0.15, 0.2) is 0 Å². The third-order valence-corrected chi connectivity index (χ3v) is 2.62. The first-order valence-corrected chi connectivity index (χ1v) is 6.02. The fraction of sp³-hybridized carbons (Fsp3) is 0.133. The van der Waals surface area contributed by atoms with Crippen molar-refractivity contribution in [1.29, 1.82) is 5.26 Å². The molecule has 3 N–H and O–H groups in total. The monoisotopic (exact) mass is 253 g/mol. The number of hydrogen-bond acceptors (Lipinski definition) is 4. The van der Waals surface area contributed by atoms with Gasteiger partial charge in [-0.25, -0.2) is 0 Å². The number of nitriles is 1. The first-order chi connectivity index (χ1) is 9.22. The number of nitrogens with two attached hydrogens (primary N) is 1. The van der Waals surface area contributed by atoms with Crippen LogP contribution in [0.2, 0.25) is 0 Å². The molecule has 96 valence electrons. The molecule has 0 radical (unpaired) electrons. The van der Waals surface area contributed by atoms with Crippen LogP contribution in [0.4, 0.5) is 17.1 Å². The topological polar surface area (TPSA) is 71.1 Å². The number of ether oxygens (including phenoxy) is 1. The van der Waals surface area contributed by atoms with Crippen LogP contribution in [0.1, 0.15) is 12.5 Å². The molecule has 0 aromatic heterocycles. The third kappa shape index (κ3) is 3.17. The van der Waals surface area contributed by atoms with Crippen LogP contribution in [-0.2, 0) is 0 Å². The molecule has 0 fully saturated rings. The highest BCUT2D eigenvalue weighted by molar-refractivity contribution is 5.67. The Bertz CT molecular complexity index is 600. The fourth-order valence-electron chi connectivity index (χ4n) is 1.69. The molecule has 2 rings (SSSR count). The number of nitrogens with zero attached hydrogens (tertiary/aromatic N) is 1. The van der Waals surface area contributed by atoms with E-state index >= 15 is 0 Å². The van der Waals surface area contributed by atoms with E-state index in [9.17, 15) is 0 Å². The van der Waals surface area contributed by atoms with Gasteiger partial charge in [0.25, 0.3) is 0 Å². The molecule has 0 aliphatic carbocycles. The van der Waals surface area contributed by atoms with Gasteiger partial charge in [-0.1, -0.05) is 0 Å². The Labute approximate surface area is 112 Å². The molecular weight excluding hydrogens is 238 g/mol. The summed E-state index contributed by atoms with van der Waals surface area (Å²) in [6, 6.07) is 14.9. The zero-order valence-corrected chi connectivity index (χ0v) is 10.7. The molecule has 0 spiro atoms. The summed E-state index contributed by atoms with van der Waals surface area (Å²) >= 11 is 0. The van der Waals surface area contributed by atoms with Crippen molar-refractivity contribution >= 4 is 17.1 Å². The van der Waals surface area contributed by atoms with Gasteiger partial charge in [-0.2, -0.15) is 5.26 Å². The molecule has 4 nitrogen and oxygen atoms in total. The van der Waals surface area contributed by atoms with Crippen molar-refractivity contribution in [2.45, 2.75) is 6.92 Å². The van der Waals surface area contributed by atoms with Crippen LogP contribution in [0.25, 0.3) is 0 Å². The molecule has 0 saturated heterocycles. The Balaban J connectivity index is 2.18. The Kier molecular flexibility index (Phi) is 3.89. The number of benzene rings is 2. The standard InChI is InChI=1S/C15H15N3O/c1-2-19-15-9-13(7-8-14(15)17)18-12-5-3-11(10-16)4-6-12/h3-9,18H,2,17H2,1H3. The van der Waals surface area contributed by atoms with Gasteiger partial charge in [0.05, 0.1) is 23.9 Å². The van der Waals surface area contributed by atoms with E-state index in [1.54, 1.807) is 18.2 Å². The molecule has 2 aromatic rings. The van der Waals surface area contributed by atoms with Crippen molar-refractivity contribution in [3.63, 3.8) is 0 Å². The van der Waals surface area contributed by atoms with E-state index in [1.807, 2.05) is 31.2 Å². The van der Waals surface area contributed by atoms with Gasteiger partial charge in [0, 0.05) is 17.4 Å². The second-order valence-electron chi connectivity index (χ2n) is 4.00. The number of hydrogen-bond donors (Lipinski definition) is 2. The summed E-state index contributed by atoms with van der Waals surface area (Å²) in [5, 5.41) is 12.0.